The van der Waals surface area contributed by atoms with Gasteiger partial charge in [-0.25, -0.2) is 0 Å². The Morgan fingerprint density at radius 3 is 1.46 bits per heavy atom. The lowest BCUT2D eigenvalue weighted by atomic mass is 9.59. The van der Waals surface area contributed by atoms with E-state index in [-0.39, 0.29) is 16.4 Å². The maximum absolute atomic E-state index is 6.76. The van der Waals surface area contributed by atoms with Gasteiger partial charge in [-0.3, -0.25) is 0 Å². The molecule has 0 amide bonds. The van der Waals surface area contributed by atoms with Crippen molar-refractivity contribution in [2.24, 2.45) is 0 Å². The summed E-state index contributed by atoms with van der Waals surface area (Å²) < 4.78 is 6.76. The summed E-state index contributed by atoms with van der Waals surface area (Å²) in [5.41, 5.74) is 8.74. The lowest BCUT2D eigenvalue weighted by molar-refractivity contribution is 0.670. The van der Waals surface area contributed by atoms with Gasteiger partial charge in [0.15, 0.2) is 0 Å². The smallest absolute Gasteiger partial charge is 0.143 e. The van der Waals surface area contributed by atoms with Crippen LogP contribution in [0.25, 0.3) is 87.6 Å². The van der Waals surface area contributed by atoms with Crippen molar-refractivity contribution < 1.29 is 4.42 Å². The zero-order valence-electron chi connectivity index (χ0n) is 25.9. The van der Waals surface area contributed by atoms with E-state index in [9.17, 15) is 0 Å². The zero-order chi connectivity index (χ0) is 32.7. The van der Waals surface area contributed by atoms with Crippen molar-refractivity contribution in [3.63, 3.8) is 0 Å². The quantitative estimate of drug-likeness (QED) is 0.180. The average Bonchev–Trinajstić information content (AvgIpc) is 3.52. The van der Waals surface area contributed by atoms with E-state index in [0.29, 0.717) is 16.5 Å². The number of furan rings is 1. The van der Waals surface area contributed by atoms with Gasteiger partial charge in [0.1, 0.15) is 50.4 Å². The predicted molar refractivity (Wildman–Crippen MR) is 209 cm³/mol. The molecule has 10 radical (unpaired) electrons. The van der Waals surface area contributed by atoms with E-state index in [1.54, 1.807) is 0 Å². The number of fused-ring (bicyclic) bond motifs is 6. The second-order valence-electron chi connectivity index (χ2n) is 12.3. The third-order valence-electron chi connectivity index (χ3n) is 9.75. The highest BCUT2D eigenvalue weighted by molar-refractivity contribution is 6.69. The Bertz CT molecular complexity index is 2700. The molecule has 0 saturated heterocycles. The molecule has 48 heavy (non-hydrogen) atoms. The molecule has 0 atom stereocenters. The molecule has 0 aliphatic carbocycles. The van der Waals surface area contributed by atoms with Crippen molar-refractivity contribution in [1.82, 2.24) is 0 Å². The first-order valence-electron chi connectivity index (χ1n) is 15.8. The fourth-order valence-corrected chi connectivity index (χ4v) is 7.54. The van der Waals surface area contributed by atoms with E-state index >= 15 is 0 Å². The minimum absolute atomic E-state index is 0.195. The van der Waals surface area contributed by atoms with Gasteiger partial charge < -0.3 is 4.42 Å². The third-order valence-corrected chi connectivity index (χ3v) is 9.75. The minimum Gasteiger partial charge on any atom is -0.455 e. The highest BCUT2D eigenvalue weighted by Gasteiger charge is 2.23. The van der Waals surface area contributed by atoms with Gasteiger partial charge in [-0.2, -0.15) is 0 Å². The van der Waals surface area contributed by atoms with E-state index in [1.165, 1.54) is 10.8 Å². The summed E-state index contributed by atoms with van der Waals surface area (Å²) in [7, 11) is 32.3. The van der Waals surface area contributed by atoms with Crippen molar-refractivity contribution >= 4 is 121 Å². The number of rotatable bonds is 3. The van der Waals surface area contributed by atoms with Crippen LogP contribution in [0.15, 0.2) is 132 Å². The zero-order valence-corrected chi connectivity index (χ0v) is 25.9. The van der Waals surface area contributed by atoms with Crippen molar-refractivity contribution in [3.05, 3.63) is 127 Å². The molecule has 1 heterocycles. The Hall–Kier alpha value is -5.34. The summed E-state index contributed by atoms with van der Waals surface area (Å²) in [6, 6.07) is 44.2. The van der Waals surface area contributed by atoms with E-state index in [0.717, 1.165) is 71.3 Å². The number of hydrogen-bond donors (Lipinski definition) is 0. The van der Waals surface area contributed by atoms with Gasteiger partial charge in [-0.15, -0.1) is 16.4 Å². The molecule has 6 heteroatoms. The molecule has 0 aliphatic rings. The molecule has 0 aliphatic heterocycles. The molecule has 0 unspecified atom stereocenters. The summed E-state index contributed by atoms with van der Waals surface area (Å²) in [5, 5.41) is 8.48. The van der Waals surface area contributed by atoms with E-state index in [1.807, 2.05) is 18.2 Å². The summed E-state index contributed by atoms with van der Waals surface area (Å²) in [6.45, 7) is 0. The summed E-state index contributed by atoms with van der Waals surface area (Å²) in [4.78, 5) is 0. The Labute approximate surface area is 285 Å². The third kappa shape index (κ3) is 4.05. The lowest BCUT2D eigenvalue weighted by Crippen LogP contribution is -2.55. The van der Waals surface area contributed by atoms with Crippen LogP contribution in [-0.4, -0.2) is 39.2 Å². The second kappa shape index (κ2) is 10.9. The first-order valence-corrected chi connectivity index (χ1v) is 15.8. The summed E-state index contributed by atoms with van der Waals surface area (Å²) >= 11 is 0. The molecule has 0 fully saturated rings. The highest BCUT2D eigenvalue weighted by atomic mass is 16.3. The molecule has 1 nitrogen and oxygen atoms in total. The molecular weight excluding hydrogens is 575 g/mol. The normalized spacial score (nSPS) is 11.8. The summed E-state index contributed by atoms with van der Waals surface area (Å²) in [6.07, 6.45) is 0. The van der Waals surface area contributed by atoms with Crippen LogP contribution in [0.4, 0.5) is 0 Å². The van der Waals surface area contributed by atoms with Crippen LogP contribution < -0.4 is 27.3 Å². The molecule has 0 saturated carbocycles. The fourth-order valence-electron chi connectivity index (χ4n) is 7.54. The van der Waals surface area contributed by atoms with Crippen molar-refractivity contribution in [2.45, 2.75) is 0 Å². The maximum Gasteiger partial charge on any atom is 0.143 e. The monoisotopic (exact) mass is 596 g/mol. The molecular formula is C42H21B5O. The Balaban J connectivity index is 1.40. The summed E-state index contributed by atoms with van der Waals surface area (Å²) in [5.74, 6) is 0. The minimum atomic E-state index is 0.195. The predicted octanol–water partition coefficient (Wildman–Crippen LogP) is 6.02. The van der Waals surface area contributed by atoms with Gasteiger partial charge in [0.2, 0.25) is 0 Å². The SMILES string of the molecule is [B]c1c([B])c([B])c(-c2c3ccccc3c(-c3cccc4oc5c(-c6cccc7ccccc67)cccc5c34)c3ccccc23)c([B])c1[B]. The molecule has 0 N–H and O–H groups in total. The topological polar surface area (TPSA) is 13.1 Å². The van der Waals surface area contributed by atoms with Gasteiger partial charge in [-0.1, -0.05) is 132 Å². The average molecular weight is 596 g/mol. The molecule has 8 aromatic carbocycles. The maximum atomic E-state index is 6.76. The Morgan fingerprint density at radius 2 is 0.792 bits per heavy atom. The van der Waals surface area contributed by atoms with Crippen LogP contribution >= 0.6 is 0 Å². The highest BCUT2D eigenvalue weighted by Crippen LogP contribution is 2.47. The molecule has 0 bridgehead atoms. The molecule has 1 aromatic heterocycles. The van der Waals surface area contributed by atoms with Gasteiger partial charge in [0.05, 0.1) is 0 Å². The number of hydrogen-bond acceptors (Lipinski definition) is 1. The molecule has 9 aromatic rings. The van der Waals surface area contributed by atoms with Crippen molar-refractivity contribution in [3.8, 4) is 33.4 Å². The van der Waals surface area contributed by atoms with Gasteiger partial charge in [0.25, 0.3) is 0 Å². The van der Waals surface area contributed by atoms with Crippen molar-refractivity contribution in [2.75, 3.05) is 0 Å². The molecule has 9 rings (SSSR count). The Kier molecular flexibility index (Phi) is 6.53. The first kappa shape index (κ1) is 28.9. The standard InChI is InChI=1S/C42H21B5O/c43-37-36(38(44)40(46)41(47)39(37)45)35-27-15-5-3-13-25(27)33(26-14-4-6-16-28(26)35)30-19-9-21-32-34(30)31-20-8-18-29(42(31)48-32)24-17-7-11-22-10-1-2-12-23(22)24/h1-21H. The van der Waals surface area contributed by atoms with Crippen LogP contribution in [0.1, 0.15) is 0 Å². The molecule has 210 valence electrons. The Morgan fingerprint density at radius 1 is 0.333 bits per heavy atom. The van der Waals surface area contributed by atoms with Crippen LogP contribution in [-0.2, 0) is 0 Å². The first-order chi connectivity index (χ1) is 23.4. The van der Waals surface area contributed by atoms with Crippen LogP contribution in [0.5, 0.6) is 0 Å². The van der Waals surface area contributed by atoms with Crippen LogP contribution in [0, 0.1) is 0 Å². The largest absolute Gasteiger partial charge is 0.455 e. The van der Waals surface area contributed by atoms with Gasteiger partial charge >= 0.3 is 0 Å². The number of para-hydroxylation sites is 1. The second-order valence-corrected chi connectivity index (χ2v) is 12.3. The van der Waals surface area contributed by atoms with Crippen LogP contribution in [0.3, 0.4) is 0 Å². The van der Waals surface area contributed by atoms with Crippen molar-refractivity contribution in [1.29, 1.82) is 0 Å². The van der Waals surface area contributed by atoms with Gasteiger partial charge in [-0.05, 0) is 66.2 Å². The van der Waals surface area contributed by atoms with E-state index in [4.69, 9.17) is 43.6 Å². The van der Waals surface area contributed by atoms with Crippen LogP contribution in [0.2, 0.25) is 0 Å². The van der Waals surface area contributed by atoms with Gasteiger partial charge in [0, 0.05) is 16.3 Å². The fraction of sp³-hybridized carbons (Fsp3) is 0. The van der Waals surface area contributed by atoms with E-state index in [2.05, 4.69) is 109 Å². The van der Waals surface area contributed by atoms with E-state index < -0.39 is 0 Å². The lowest BCUT2D eigenvalue weighted by Gasteiger charge is -2.25. The molecule has 0 spiro atoms. The number of benzene rings is 8.